The van der Waals surface area contributed by atoms with Gasteiger partial charge < -0.3 is 61.3 Å². The van der Waals surface area contributed by atoms with E-state index in [0.717, 1.165) is 148 Å². The van der Waals surface area contributed by atoms with Crippen LogP contribution in [0.4, 0.5) is 0 Å². The molecule has 12 heteroatoms. The minimum absolute atomic E-state index is 0.00910. The van der Waals surface area contributed by atoms with Crippen molar-refractivity contribution in [2.45, 2.75) is 292 Å². The van der Waals surface area contributed by atoms with Crippen molar-refractivity contribution in [3.63, 3.8) is 0 Å². The molecule has 0 aliphatic heterocycles. The summed E-state index contributed by atoms with van der Waals surface area (Å²) in [6.07, 6.45) is 20.0. The summed E-state index contributed by atoms with van der Waals surface area (Å²) in [6, 6.07) is 90.3. The van der Waals surface area contributed by atoms with Gasteiger partial charge in [-0.05, 0) is 310 Å². The van der Waals surface area contributed by atoms with E-state index in [4.69, 9.17) is 0 Å². The summed E-state index contributed by atoms with van der Waals surface area (Å²) in [5, 5.41) is 120. The molecule has 0 radical (unpaired) electrons. The molecule has 0 atom stereocenters. The maximum Gasteiger partial charge on any atom is 0.123 e. The average Bonchev–Trinajstić information content (AvgIpc) is 0.821. The van der Waals surface area contributed by atoms with Crippen LogP contribution in [0.25, 0.3) is 22.3 Å². The van der Waals surface area contributed by atoms with Gasteiger partial charge in [-0.3, -0.25) is 0 Å². The Balaban J connectivity index is 0.000000163. The molecule has 141 heavy (non-hydrogen) atoms. The molecule has 0 amide bonds. The molecule has 0 spiro atoms. The molecule has 0 aromatic heterocycles. The Labute approximate surface area is 840 Å². The highest BCUT2D eigenvalue weighted by Crippen LogP contribution is 2.50. The molecular formula is C129H154O12. The van der Waals surface area contributed by atoms with E-state index in [1.807, 2.05) is 213 Å². The van der Waals surface area contributed by atoms with Crippen LogP contribution in [0.5, 0.6) is 69.0 Å². The SMILES string of the molecule is CC(C)(C)c1cc(C(C)(C)c2ccc(O)c(C(C)(C)C)c2)ccc1O.CC(C)(c1ccc(O)c(-c2ccccc2)c1)c1ccc(O)c(-c2ccccc2)c1.Cc1cc(C(C)(C)c2ccc(O)c(C)c2)ccc1O.Cc1cc(C(C)c2ccc(O)c(C)c2)ccc1O.Cc1cc(C2(c3ccc(O)c(C)c3)CCCCC2)ccc1O.Cc1cc(C2(c3ccc(O)c(C)c3)CCCCCCCCCCC2)ccc1O. The zero-order valence-corrected chi connectivity index (χ0v) is 87.3. The van der Waals surface area contributed by atoms with E-state index in [0.29, 0.717) is 57.5 Å². The quantitative estimate of drug-likeness (QED) is 0.0487. The fourth-order valence-electron chi connectivity index (χ4n) is 19.9. The summed E-state index contributed by atoms with van der Waals surface area (Å²) in [5.74, 6) is 4.21. The van der Waals surface area contributed by atoms with Gasteiger partial charge in [-0.2, -0.15) is 0 Å². The monoisotopic (exact) mass is 1900 g/mol. The van der Waals surface area contributed by atoms with Crippen molar-refractivity contribution < 1.29 is 61.3 Å². The number of hydrogen-bond donors (Lipinski definition) is 12. The van der Waals surface area contributed by atoms with Crippen molar-refractivity contribution in [1.82, 2.24) is 0 Å². The highest BCUT2D eigenvalue weighted by atomic mass is 16.3. The molecule has 14 aromatic carbocycles. The van der Waals surface area contributed by atoms with Gasteiger partial charge in [0.15, 0.2) is 0 Å². The predicted molar refractivity (Wildman–Crippen MR) is 583 cm³/mol. The normalized spacial score (nSPS) is 14.1. The minimum Gasteiger partial charge on any atom is -0.508 e. The number of aromatic hydroxyl groups is 12. The van der Waals surface area contributed by atoms with E-state index >= 15 is 0 Å². The third-order valence-electron chi connectivity index (χ3n) is 29.8. The second kappa shape index (κ2) is 46.4. The van der Waals surface area contributed by atoms with Gasteiger partial charge in [0.2, 0.25) is 0 Å². The molecule has 16 rings (SSSR count). The smallest absolute Gasteiger partial charge is 0.123 e. The molecule has 2 fully saturated rings. The van der Waals surface area contributed by atoms with Gasteiger partial charge in [-0.1, -0.05) is 361 Å². The molecule has 0 saturated heterocycles. The Kier molecular flexibility index (Phi) is 35.6. The minimum atomic E-state index is -0.311. The number of benzene rings is 14. The summed E-state index contributed by atoms with van der Waals surface area (Å²) in [5.41, 5.74) is 26.1. The first-order chi connectivity index (χ1) is 66.6. The molecule has 2 aliphatic rings. The number of aryl methyl sites for hydroxylation is 8. The molecular weight excluding hydrogens is 1740 g/mol. The standard InChI is InChI=1S/C27H24O2.C26H36O2.C23H32O2.C20H24O2.C17H20O2.C16H18O2/c1-27(2,21-13-15-25(28)23(17-21)19-9-5-3-6-10-19)22-14-16-26(29)24(18-22)20-11-7-4-8-12-20;1-20-18-22(12-14-24(20)27)26(23-13-15-25(28)21(2)19-23)16-10-8-6-4-3-5-7-9-11-17-26;1-21(2,3)17-13-15(9-11-19(17)24)23(7,8)16-10-12-20(25)18(14-16)22(4,5)6;1-14-12-16(6-8-18(14)21)20(10-4-3-5-11-20)17-7-9-19(22)15(2)13-17;1-11-9-13(5-7-15(11)18)17(3,4)14-6-8-16(19)12(2)10-14;1-10-8-13(4-6-15(10)17)12(3)14-5-7-16(18)11(2)9-14/h3-18,28-29H,1-2H3;12-15,18-19,27-28H,3-11,16-17H2,1-2H3;9-14,24-25H,1-8H3;6-9,12-13,21-22H,3-5,10-11H2,1-2H3;5-10,18-19H,1-4H3;4-9,12,17-18H,1-3H3. The van der Waals surface area contributed by atoms with Crippen LogP contribution in [0.3, 0.4) is 0 Å². The van der Waals surface area contributed by atoms with Crippen LogP contribution in [-0.2, 0) is 37.9 Å². The van der Waals surface area contributed by atoms with E-state index in [2.05, 4.69) is 163 Å². The van der Waals surface area contributed by atoms with Crippen LogP contribution in [0, 0.1) is 55.4 Å². The van der Waals surface area contributed by atoms with Gasteiger partial charge in [-0.15, -0.1) is 0 Å². The first-order valence-corrected chi connectivity index (χ1v) is 50.4. The first kappa shape index (κ1) is 108. The van der Waals surface area contributed by atoms with E-state index in [1.165, 1.54) is 99.3 Å². The van der Waals surface area contributed by atoms with Crippen molar-refractivity contribution in [1.29, 1.82) is 0 Å². The first-order valence-electron chi connectivity index (χ1n) is 50.4. The zero-order valence-electron chi connectivity index (χ0n) is 87.3. The van der Waals surface area contributed by atoms with Gasteiger partial charge in [0.25, 0.3) is 0 Å². The molecule has 0 heterocycles. The van der Waals surface area contributed by atoms with Gasteiger partial charge in [0.05, 0.1) is 0 Å². The summed E-state index contributed by atoms with van der Waals surface area (Å²) in [6.45, 7) is 43.2. The lowest BCUT2D eigenvalue weighted by Gasteiger charge is -2.39. The topological polar surface area (TPSA) is 243 Å². The van der Waals surface area contributed by atoms with E-state index < -0.39 is 0 Å². The Morgan fingerprint density at radius 1 is 0.206 bits per heavy atom. The van der Waals surface area contributed by atoms with Crippen LogP contribution in [0.1, 0.15) is 321 Å². The second-order valence-corrected chi connectivity index (χ2v) is 43.3. The lowest BCUT2D eigenvalue weighted by Crippen LogP contribution is -2.30. The Bertz CT molecular complexity index is 6190. The van der Waals surface area contributed by atoms with Crippen LogP contribution in [0.2, 0.25) is 0 Å². The molecule has 742 valence electrons. The highest BCUT2D eigenvalue weighted by Gasteiger charge is 2.39. The Morgan fingerprint density at radius 3 is 0.660 bits per heavy atom. The molecule has 0 bridgehead atoms. The van der Waals surface area contributed by atoms with Crippen LogP contribution >= 0.6 is 0 Å². The number of hydrogen-bond acceptors (Lipinski definition) is 12. The molecule has 12 N–H and O–H groups in total. The number of phenolic OH excluding ortho intramolecular Hbond substituents is 12. The zero-order chi connectivity index (χ0) is 103. The molecule has 0 unspecified atom stereocenters. The van der Waals surface area contributed by atoms with Gasteiger partial charge in [0, 0.05) is 44.1 Å². The fourth-order valence-corrected chi connectivity index (χ4v) is 19.9. The molecule has 2 aliphatic carbocycles. The maximum absolute atomic E-state index is 10.4. The third kappa shape index (κ3) is 26.5. The summed E-state index contributed by atoms with van der Waals surface area (Å²) in [4.78, 5) is 0. The third-order valence-corrected chi connectivity index (χ3v) is 29.8. The largest absolute Gasteiger partial charge is 0.508 e. The lowest BCUT2D eigenvalue weighted by molar-refractivity contribution is 0.344. The van der Waals surface area contributed by atoms with Crippen molar-refractivity contribution in [3.05, 3.63) is 401 Å². The van der Waals surface area contributed by atoms with Crippen molar-refractivity contribution in [2.75, 3.05) is 0 Å². The average molecular weight is 1900 g/mol. The van der Waals surface area contributed by atoms with Gasteiger partial charge in [-0.25, -0.2) is 0 Å². The van der Waals surface area contributed by atoms with Crippen LogP contribution in [-0.4, -0.2) is 61.3 Å². The number of phenols is 12. The van der Waals surface area contributed by atoms with Gasteiger partial charge >= 0.3 is 0 Å². The number of rotatable bonds is 14. The van der Waals surface area contributed by atoms with E-state index in [-0.39, 0.29) is 55.3 Å². The van der Waals surface area contributed by atoms with Crippen LogP contribution < -0.4 is 0 Å². The Morgan fingerprint density at radius 2 is 0.411 bits per heavy atom. The maximum atomic E-state index is 10.4. The molecule has 12 nitrogen and oxygen atoms in total. The summed E-state index contributed by atoms with van der Waals surface area (Å²) in [7, 11) is 0. The van der Waals surface area contributed by atoms with Crippen molar-refractivity contribution in [3.8, 4) is 91.2 Å². The van der Waals surface area contributed by atoms with E-state index in [1.54, 1.807) is 48.5 Å². The summed E-state index contributed by atoms with van der Waals surface area (Å²) >= 11 is 0. The molecule has 14 aromatic rings. The lowest BCUT2D eigenvalue weighted by atomic mass is 9.65. The summed E-state index contributed by atoms with van der Waals surface area (Å²) < 4.78 is 0. The van der Waals surface area contributed by atoms with E-state index in [9.17, 15) is 61.3 Å². The fraction of sp³-hybridized carbons (Fsp3) is 0.349. The highest BCUT2D eigenvalue weighted by molar-refractivity contribution is 5.74. The predicted octanol–water partition coefficient (Wildman–Crippen LogP) is 33.0. The van der Waals surface area contributed by atoms with Crippen LogP contribution in [0.15, 0.2) is 279 Å². The Hall–Kier alpha value is -13.3. The second-order valence-electron chi connectivity index (χ2n) is 43.3. The van der Waals surface area contributed by atoms with Crippen molar-refractivity contribution in [2.24, 2.45) is 0 Å². The molecule has 2 saturated carbocycles. The van der Waals surface area contributed by atoms with Gasteiger partial charge in [0.1, 0.15) is 69.0 Å². The van der Waals surface area contributed by atoms with Crippen molar-refractivity contribution >= 4 is 0 Å².